The molecule has 0 unspecified atom stereocenters. The molecule has 0 atom stereocenters. The smallest absolute Gasteiger partial charge is 0.319 e. The Morgan fingerprint density at radius 1 is 1.04 bits per heavy atom. The average molecular weight is 378 g/mol. The number of pyridine rings is 2. The van der Waals surface area contributed by atoms with E-state index in [0.717, 1.165) is 17.7 Å². The van der Waals surface area contributed by atoms with E-state index in [9.17, 15) is 4.79 Å². The minimum absolute atomic E-state index is 0.308. The number of anilines is 1. The van der Waals surface area contributed by atoms with Crippen LogP contribution in [-0.2, 0) is 13.0 Å². The van der Waals surface area contributed by atoms with Gasteiger partial charge in [0.25, 0.3) is 0 Å². The number of urea groups is 1. The van der Waals surface area contributed by atoms with Gasteiger partial charge in [0.1, 0.15) is 5.75 Å². The molecule has 0 bridgehead atoms. The minimum Gasteiger partial charge on any atom is -0.493 e. The fourth-order valence-electron chi connectivity index (χ4n) is 2.56. The largest absolute Gasteiger partial charge is 0.493 e. The molecule has 3 rings (SSSR count). The second-order valence-corrected chi connectivity index (χ2v) is 5.96. The van der Waals surface area contributed by atoms with Crippen molar-refractivity contribution in [3.05, 3.63) is 78.2 Å². The summed E-state index contributed by atoms with van der Waals surface area (Å²) in [6.45, 7) is 0.892. The fraction of sp³-hybridized carbons (Fsp3) is 0.190. The van der Waals surface area contributed by atoms with E-state index >= 15 is 0 Å². The molecule has 0 aliphatic heterocycles. The second kappa shape index (κ2) is 9.91. The van der Waals surface area contributed by atoms with Gasteiger partial charge in [0.2, 0.25) is 5.88 Å². The van der Waals surface area contributed by atoms with Crippen molar-refractivity contribution in [2.24, 2.45) is 0 Å². The van der Waals surface area contributed by atoms with Crippen molar-refractivity contribution >= 4 is 11.7 Å². The number of nitrogens with zero attached hydrogens (tertiary/aromatic N) is 2. The SMILES string of the molecule is COc1ncccc1CNC(=O)Nc1ccc(OCCc2ccncc2)cc1. The van der Waals surface area contributed by atoms with E-state index in [0.29, 0.717) is 24.7 Å². The lowest BCUT2D eigenvalue weighted by atomic mass is 10.2. The molecule has 2 heterocycles. The van der Waals surface area contributed by atoms with Gasteiger partial charge in [0.15, 0.2) is 0 Å². The predicted molar refractivity (Wildman–Crippen MR) is 107 cm³/mol. The number of hydrogen-bond donors (Lipinski definition) is 2. The number of carbonyl (C=O) groups is 1. The summed E-state index contributed by atoms with van der Waals surface area (Å²) in [5.41, 5.74) is 2.66. The van der Waals surface area contributed by atoms with Gasteiger partial charge in [-0.15, -0.1) is 0 Å². The van der Waals surface area contributed by atoms with Crippen LogP contribution in [0.3, 0.4) is 0 Å². The summed E-state index contributed by atoms with van der Waals surface area (Å²) in [4.78, 5) is 20.2. The number of rotatable bonds is 8. The highest BCUT2D eigenvalue weighted by Crippen LogP contribution is 2.16. The van der Waals surface area contributed by atoms with E-state index in [2.05, 4.69) is 20.6 Å². The molecule has 0 aliphatic carbocycles. The maximum Gasteiger partial charge on any atom is 0.319 e. The Bertz CT molecular complexity index is 886. The predicted octanol–water partition coefficient (Wildman–Crippen LogP) is 3.43. The van der Waals surface area contributed by atoms with Gasteiger partial charge in [-0.3, -0.25) is 4.98 Å². The van der Waals surface area contributed by atoms with Gasteiger partial charge < -0.3 is 20.1 Å². The Morgan fingerprint density at radius 2 is 1.82 bits per heavy atom. The molecule has 1 aromatic carbocycles. The molecule has 0 aliphatic rings. The van der Waals surface area contributed by atoms with E-state index in [4.69, 9.17) is 9.47 Å². The summed E-state index contributed by atoms with van der Waals surface area (Å²) >= 11 is 0. The summed E-state index contributed by atoms with van der Waals surface area (Å²) in [7, 11) is 1.55. The molecule has 2 N–H and O–H groups in total. The average Bonchev–Trinajstić information content (AvgIpc) is 2.74. The molecule has 0 fully saturated rings. The van der Waals surface area contributed by atoms with Crippen LogP contribution in [0, 0.1) is 0 Å². The number of ether oxygens (including phenoxy) is 2. The Balaban J connectivity index is 1.43. The number of carbonyl (C=O) groups excluding carboxylic acids is 1. The highest BCUT2D eigenvalue weighted by atomic mass is 16.5. The van der Waals surface area contributed by atoms with Gasteiger partial charge in [0, 0.05) is 42.8 Å². The van der Waals surface area contributed by atoms with Crippen LogP contribution >= 0.6 is 0 Å². The van der Waals surface area contributed by atoms with Gasteiger partial charge in [-0.05, 0) is 48.0 Å². The molecule has 2 aromatic heterocycles. The van der Waals surface area contributed by atoms with Crippen molar-refractivity contribution in [2.45, 2.75) is 13.0 Å². The van der Waals surface area contributed by atoms with Crippen molar-refractivity contribution in [3.8, 4) is 11.6 Å². The Kier molecular flexibility index (Phi) is 6.78. The summed E-state index contributed by atoms with van der Waals surface area (Å²) in [5.74, 6) is 1.25. The van der Waals surface area contributed by atoms with Gasteiger partial charge in [-0.2, -0.15) is 0 Å². The number of benzene rings is 1. The first-order valence-electron chi connectivity index (χ1n) is 8.89. The Labute approximate surface area is 163 Å². The molecule has 144 valence electrons. The third-order valence-electron chi connectivity index (χ3n) is 4.00. The monoisotopic (exact) mass is 378 g/mol. The normalized spacial score (nSPS) is 10.2. The van der Waals surface area contributed by atoms with Crippen molar-refractivity contribution in [3.63, 3.8) is 0 Å². The molecule has 28 heavy (non-hydrogen) atoms. The van der Waals surface area contributed by atoms with Crippen LogP contribution in [0.4, 0.5) is 10.5 Å². The van der Waals surface area contributed by atoms with Crippen LogP contribution < -0.4 is 20.1 Å². The zero-order valence-corrected chi connectivity index (χ0v) is 15.6. The van der Waals surface area contributed by atoms with Crippen molar-refractivity contribution in [1.29, 1.82) is 0 Å². The van der Waals surface area contributed by atoms with Crippen LogP contribution in [0.2, 0.25) is 0 Å². The fourth-order valence-corrected chi connectivity index (χ4v) is 2.56. The number of hydrogen-bond acceptors (Lipinski definition) is 5. The number of nitrogens with one attached hydrogen (secondary N) is 2. The highest BCUT2D eigenvalue weighted by Gasteiger charge is 2.06. The molecule has 7 heteroatoms. The molecule has 0 radical (unpaired) electrons. The lowest BCUT2D eigenvalue weighted by Crippen LogP contribution is -2.28. The highest BCUT2D eigenvalue weighted by molar-refractivity contribution is 5.89. The van der Waals surface area contributed by atoms with Gasteiger partial charge in [0.05, 0.1) is 13.7 Å². The second-order valence-electron chi connectivity index (χ2n) is 5.96. The summed E-state index contributed by atoms with van der Waals surface area (Å²) in [6.07, 6.45) is 5.99. The zero-order valence-electron chi connectivity index (χ0n) is 15.6. The molecular weight excluding hydrogens is 356 g/mol. The van der Waals surface area contributed by atoms with Crippen molar-refractivity contribution in [2.75, 3.05) is 19.0 Å². The number of methoxy groups -OCH3 is 1. The third kappa shape index (κ3) is 5.70. The minimum atomic E-state index is -0.308. The molecule has 0 spiro atoms. The quantitative estimate of drug-likeness (QED) is 0.627. The van der Waals surface area contributed by atoms with Crippen LogP contribution in [0.1, 0.15) is 11.1 Å². The van der Waals surface area contributed by atoms with Gasteiger partial charge in [-0.1, -0.05) is 6.07 Å². The molecule has 7 nitrogen and oxygen atoms in total. The van der Waals surface area contributed by atoms with Crippen LogP contribution in [0.25, 0.3) is 0 Å². The lowest BCUT2D eigenvalue weighted by Gasteiger charge is -2.10. The maximum absolute atomic E-state index is 12.1. The third-order valence-corrected chi connectivity index (χ3v) is 4.00. The van der Waals surface area contributed by atoms with E-state index in [1.54, 1.807) is 43.9 Å². The molecule has 2 amide bonds. The van der Waals surface area contributed by atoms with E-state index < -0.39 is 0 Å². The summed E-state index contributed by atoms with van der Waals surface area (Å²) in [5, 5.41) is 5.57. The van der Waals surface area contributed by atoms with Gasteiger partial charge >= 0.3 is 6.03 Å². The summed E-state index contributed by atoms with van der Waals surface area (Å²) in [6, 6.07) is 14.5. The summed E-state index contributed by atoms with van der Waals surface area (Å²) < 4.78 is 10.9. The first kappa shape index (κ1) is 19.2. The molecule has 0 saturated carbocycles. The van der Waals surface area contributed by atoms with Crippen LogP contribution in [0.15, 0.2) is 67.1 Å². The molecule has 3 aromatic rings. The maximum atomic E-state index is 12.1. The molecular formula is C21H22N4O3. The van der Waals surface area contributed by atoms with Crippen LogP contribution in [0.5, 0.6) is 11.6 Å². The number of amides is 2. The van der Waals surface area contributed by atoms with Crippen molar-refractivity contribution in [1.82, 2.24) is 15.3 Å². The Hall–Kier alpha value is -3.61. The standard InChI is InChI=1S/C21H22N4O3/c1-27-20-17(3-2-11-23-20)15-24-21(26)25-18-4-6-19(7-5-18)28-14-10-16-8-12-22-13-9-16/h2-9,11-13H,10,14-15H2,1H3,(H2,24,25,26). The first-order valence-corrected chi connectivity index (χ1v) is 8.89. The topological polar surface area (TPSA) is 85.4 Å². The van der Waals surface area contributed by atoms with Crippen LogP contribution in [-0.4, -0.2) is 29.7 Å². The van der Waals surface area contributed by atoms with E-state index in [-0.39, 0.29) is 6.03 Å². The first-order chi connectivity index (χ1) is 13.7. The van der Waals surface area contributed by atoms with E-state index in [1.165, 1.54) is 5.56 Å². The van der Waals surface area contributed by atoms with Crippen molar-refractivity contribution < 1.29 is 14.3 Å². The van der Waals surface area contributed by atoms with E-state index in [1.807, 2.05) is 30.3 Å². The number of aromatic nitrogens is 2. The molecule has 0 saturated heterocycles. The lowest BCUT2D eigenvalue weighted by molar-refractivity contribution is 0.251. The Morgan fingerprint density at radius 3 is 2.57 bits per heavy atom. The zero-order chi connectivity index (χ0) is 19.6. The van der Waals surface area contributed by atoms with Gasteiger partial charge in [-0.25, -0.2) is 9.78 Å².